The summed E-state index contributed by atoms with van der Waals surface area (Å²) in [5, 5.41) is 16.0. The number of hydrogen-bond acceptors (Lipinski definition) is 3. The van der Waals surface area contributed by atoms with Gasteiger partial charge in [0.15, 0.2) is 0 Å². The standard InChI is InChI=1S/C29H39ClN2O3/c1-22(17-19-24-13-7-6-8-14-24)12-9-10-16-26(34)32-27(29(3,4)5)28(35)31-21-11-15-25(33)20-18-23(2)30/h6-14,16-18,21,25,27,33H,15,19-20H2,1-5H3,(H,31,35)(H,32,34)/b12-9-,16-10-,21-11-,22-17+,23-18+. The van der Waals surface area contributed by atoms with Crippen LogP contribution in [0.25, 0.3) is 0 Å². The molecule has 35 heavy (non-hydrogen) atoms. The monoisotopic (exact) mass is 498 g/mol. The third kappa shape index (κ3) is 14.2. The fourth-order valence-electron chi connectivity index (χ4n) is 3.02. The van der Waals surface area contributed by atoms with Crippen LogP contribution >= 0.6 is 11.6 Å². The van der Waals surface area contributed by atoms with Crippen LogP contribution in [-0.4, -0.2) is 29.1 Å². The van der Waals surface area contributed by atoms with Gasteiger partial charge in [-0.15, -0.1) is 0 Å². The van der Waals surface area contributed by atoms with Gasteiger partial charge in [-0.2, -0.15) is 0 Å². The molecule has 0 saturated heterocycles. The molecule has 0 aliphatic heterocycles. The molecule has 0 aromatic heterocycles. The molecule has 5 nitrogen and oxygen atoms in total. The number of carbonyl (C=O) groups is 2. The number of benzene rings is 1. The zero-order valence-electron chi connectivity index (χ0n) is 21.4. The van der Waals surface area contributed by atoms with Gasteiger partial charge < -0.3 is 15.7 Å². The maximum absolute atomic E-state index is 12.7. The Balaban J connectivity index is 2.58. The van der Waals surface area contributed by atoms with Gasteiger partial charge in [-0.1, -0.05) is 105 Å². The maximum Gasteiger partial charge on any atom is 0.247 e. The number of aliphatic hydroxyl groups is 1. The lowest BCUT2D eigenvalue weighted by molar-refractivity contribution is -0.129. The second kappa shape index (κ2) is 15.9. The van der Waals surface area contributed by atoms with Crippen molar-refractivity contribution < 1.29 is 14.7 Å². The van der Waals surface area contributed by atoms with Crippen LogP contribution in [-0.2, 0) is 16.0 Å². The lowest BCUT2D eigenvalue weighted by Gasteiger charge is -2.29. The molecule has 6 heteroatoms. The van der Waals surface area contributed by atoms with Crippen molar-refractivity contribution in [3.8, 4) is 0 Å². The van der Waals surface area contributed by atoms with Gasteiger partial charge in [0, 0.05) is 11.1 Å². The Labute approximate surface area is 215 Å². The molecule has 190 valence electrons. The summed E-state index contributed by atoms with van der Waals surface area (Å²) < 4.78 is 0. The molecule has 0 spiro atoms. The molecule has 1 rings (SSSR count). The summed E-state index contributed by atoms with van der Waals surface area (Å²) in [5.41, 5.74) is 1.85. The zero-order valence-corrected chi connectivity index (χ0v) is 22.2. The molecule has 0 saturated carbocycles. The summed E-state index contributed by atoms with van der Waals surface area (Å²) in [6.45, 7) is 9.42. The first-order chi connectivity index (χ1) is 16.5. The molecule has 3 N–H and O–H groups in total. The molecule has 1 aromatic carbocycles. The summed E-state index contributed by atoms with van der Waals surface area (Å²) in [6, 6.07) is 9.47. The van der Waals surface area contributed by atoms with Gasteiger partial charge >= 0.3 is 0 Å². The van der Waals surface area contributed by atoms with Crippen molar-refractivity contribution in [2.24, 2.45) is 5.41 Å². The van der Waals surface area contributed by atoms with Crippen LogP contribution < -0.4 is 10.6 Å². The second-order valence-corrected chi connectivity index (χ2v) is 10.1. The SMILES string of the molecule is C/C(Cl)=C\CC(O)C/C=C\NC(=O)C(NC(=O)\C=C/C=C\C(C)=C\Cc1ccccc1)C(C)(C)C. The van der Waals surface area contributed by atoms with Crippen molar-refractivity contribution in [3.05, 3.63) is 95.2 Å². The predicted molar refractivity (Wildman–Crippen MR) is 146 cm³/mol. The fourth-order valence-corrected chi connectivity index (χ4v) is 3.11. The number of allylic oxidation sites excluding steroid dienone is 6. The van der Waals surface area contributed by atoms with Crippen LogP contribution in [0.3, 0.4) is 0 Å². The molecule has 1 aromatic rings. The van der Waals surface area contributed by atoms with Gasteiger partial charge in [-0.05, 0) is 50.3 Å². The van der Waals surface area contributed by atoms with E-state index < -0.39 is 17.6 Å². The topological polar surface area (TPSA) is 78.4 Å². The predicted octanol–water partition coefficient (Wildman–Crippen LogP) is 5.73. The Morgan fingerprint density at radius 2 is 1.69 bits per heavy atom. The molecule has 0 aliphatic rings. The van der Waals surface area contributed by atoms with Crippen LogP contribution in [0, 0.1) is 5.41 Å². The molecule has 0 heterocycles. The average Bonchev–Trinajstić information content (AvgIpc) is 2.80. The molecular weight excluding hydrogens is 460 g/mol. The summed E-state index contributed by atoms with van der Waals surface area (Å²) >= 11 is 5.76. The van der Waals surface area contributed by atoms with Crippen LogP contribution in [0.15, 0.2) is 89.7 Å². The number of carbonyl (C=O) groups excluding carboxylic acids is 2. The van der Waals surface area contributed by atoms with E-state index in [1.807, 2.05) is 52.0 Å². The highest BCUT2D eigenvalue weighted by Gasteiger charge is 2.31. The Morgan fingerprint density at radius 1 is 1.03 bits per heavy atom. The van der Waals surface area contributed by atoms with Gasteiger partial charge in [-0.3, -0.25) is 9.59 Å². The molecule has 0 radical (unpaired) electrons. The van der Waals surface area contributed by atoms with Crippen molar-refractivity contribution >= 4 is 23.4 Å². The largest absolute Gasteiger partial charge is 0.392 e. The third-order valence-corrected chi connectivity index (χ3v) is 5.21. The summed E-state index contributed by atoms with van der Waals surface area (Å²) in [6.07, 6.45) is 14.9. The van der Waals surface area contributed by atoms with Crippen LogP contribution in [0.4, 0.5) is 0 Å². The number of amides is 2. The molecule has 2 atom stereocenters. The maximum atomic E-state index is 12.7. The fraction of sp³-hybridized carbons (Fsp3) is 0.379. The van der Waals surface area contributed by atoms with E-state index in [2.05, 4.69) is 28.8 Å². The number of halogens is 1. The molecular formula is C29H39ClN2O3. The highest BCUT2D eigenvalue weighted by atomic mass is 35.5. The molecule has 0 fully saturated rings. The van der Waals surface area contributed by atoms with Gasteiger partial charge in [0.05, 0.1) is 6.10 Å². The van der Waals surface area contributed by atoms with E-state index >= 15 is 0 Å². The van der Waals surface area contributed by atoms with Crippen LogP contribution in [0.1, 0.15) is 53.0 Å². The van der Waals surface area contributed by atoms with Gasteiger partial charge in [0.1, 0.15) is 6.04 Å². The van der Waals surface area contributed by atoms with E-state index in [1.165, 1.54) is 17.8 Å². The third-order valence-electron chi connectivity index (χ3n) is 5.06. The molecule has 2 amide bonds. The van der Waals surface area contributed by atoms with Crippen molar-refractivity contribution in [2.75, 3.05) is 0 Å². The van der Waals surface area contributed by atoms with Crippen LogP contribution in [0.5, 0.6) is 0 Å². The van der Waals surface area contributed by atoms with E-state index in [0.717, 1.165) is 12.0 Å². The van der Waals surface area contributed by atoms with E-state index in [4.69, 9.17) is 11.6 Å². The number of hydrogen-bond donors (Lipinski definition) is 3. The van der Waals surface area contributed by atoms with Crippen LogP contribution in [0.2, 0.25) is 0 Å². The number of aliphatic hydroxyl groups excluding tert-OH is 1. The van der Waals surface area contributed by atoms with E-state index in [-0.39, 0.29) is 11.8 Å². The Bertz CT molecular complexity index is 950. The first-order valence-corrected chi connectivity index (χ1v) is 12.2. The van der Waals surface area contributed by atoms with Gasteiger partial charge in [-0.25, -0.2) is 0 Å². The Kier molecular flexibility index (Phi) is 13.7. The van der Waals surface area contributed by atoms with Crippen molar-refractivity contribution in [1.82, 2.24) is 10.6 Å². The van der Waals surface area contributed by atoms with Crippen molar-refractivity contribution in [3.63, 3.8) is 0 Å². The van der Waals surface area contributed by atoms with Crippen molar-refractivity contribution in [1.29, 1.82) is 0 Å². The summed E-state index contributed by atoms with van der Waals surface area (Å²) in [7, 11) is 0. The highest BCUT2D eigenvalue weighted by Crippen LogP contribution is 2.19. The first-order valence-electron chi connectivity index (χ1n) is 11.8. The minimum absolute atomic E-state index is 0.322. The molecule has 0 bridgehead atoms. The lowest BCUT2D eigenvalue weighted by Crippen LogP contribution is -2.52. The first kappa shape index (κ1) is 30.1. The van der Waals surface area contributed by atoms with E-state index in [9.17, 15) is 14.7 Å². The zero-order chi connectivity index (χ0) is 26.3. The van der Waals surface area contributed by atoms with Crippen molar-refractivity contribution in [2.45, 2.75) is 66.0 Å². The normalized spacial score (nSPS) is 15.1. The lowest BCUT2D eigenvalue weighted by atomic mass is 9.86. The summed E-state index contributed by atoms with van der Waals surface area (Å²) in [4.78, 5) is 25.1. The minimum atomic E-state index is -0.729. The minimum Gasteiger partial charge on any atom is -0.392 e. The van der Waals surface area contributed by atoms with Gasteiger partial charge in [0.2, 0.25) is 11.8 Å². The number of rotatable bonds is 12. The number of nitrogens with one attached hydrogen (secondary N) is 2. The smallest absolute Gasteiger partial charge is 0.247 e. The van der Waals surface area contributed by atoms with Gasteiger partial charge in [0.25, 0.3) is 0 Å². The Morgan fingerprint density at radius 3 is 2.31 bits per heavy atom. The molecule has 2 unspecified atom stereocenters. The molecule has 0 aliphatic carbocycles. The van der Waals surface area contributed by atoms with E-state index in [1.54, 1.807) is 31.2 Å². The average molecular weight is 499 g/mol. The quantitative estimate of drug-likeness (QED) is 0.254. The van der Waals surface area contributed by atoms with E-state index in [0.29, 0.717) is 17.9 Å². The highest BCUT2D eigenvalue weighted by molar-refractivity contribution is 6.29. The second-order valence-electron chi connectivity index (χ2n) is 9.49. The summed E-state index contributed by atoms with van der Waals surface area (Å²) in [5.74, 6) is -0.671. The Hall–Kier alpha value is -2.89.